The quantitative estimate of drug-likeness (QED) is 0.875. The molecule has 2 aromatic heterocycles. The van der Waals surface area contributed by atoms with Crippen molar-refractivity contribution in [2.75, 3.05) is 31.1 Å². The SMILES string of the molecule is C[C@@H]1Cc2c(C(=O)N3CCCN(c4ncccc4F)CC3)n[nH]c2[C@H](C)O1. The molecule has 2 aromatic rings. The van der Waals surface area contributed by atoms with Crippen LogP contribution in [0.5, 0.6) is 0 Å². The van der Waals surface area contributed by atoms with Crippen LogP contribution in [-0.4, -0.2) is 58.3 Å². The van der Waals surface area contributed by atoms with Crippen molar-refractivity contribution in [2.45, 2.75) is 38.9 Å². The zero-order chi connectivity index (χ0) is 19.0. The van der Waals surface area contributed by atoms with Gasteiger partial charge in [0.15, 0.2) is 17.3 Å². The number of ether oxygens (including phenoxy) is 1. The molecule has 1 saturated heterocycles. The van der Waals surface area contributed by atoms with Gasteiger partial charge in [0.05, 0.1) is 17.9 Å². The topological polar surface area (TPSA) is 74.4 Å². The largest absolute Gasteiger partial charge is 0.369 e. The highest BCUT2D eigenvalue weighted by Crippen LogP contribution is 2.30. The average molecular weight is 373 g/mol. The fourth-order valence-corrected chi connectivity index (χ4v) is 3.94. The summed E-state index contributed by atoms with van der Waals surface area (Å²) in [7, 11) is 0. The van der Waals surface area contributed by atoms with Crippen molar-refractivity contribution in [3.05, 3.63) is 41.1 Å². The summed E-state index contributed by atoms with van der Waals surface area (Å²) in [5.74, 6) is -0.0532. The zero-order valence-corrected chi connectivity index (χ0v) is 15.6. The van der Waals surface area contributed by atoms with E-state index in [4.69, 9.17) is 4.74 Å². The monoisotopic (exact) mass is 373 g/mol. The highest BCUT2D eigenvalue weighted by atomic mass is 19.1. The molecule has 1 amide bonds. The van der Waals surface area contributed by atoms with E-state index in [1.807, 2.05) is 23.6 Å². The molecule has 0 aromatic carbocycles. The van der Waals surface area contributed by atoms with Crippen molar-refractivity contribution < 1.29 is 13.9 Å². The molecule has 0 aliphatic carbocycles. The van der Waals surface area contributed by atoms with Crippen LogP contribution in [0.2, 0.25) is 0 Å². The van der Waals surface area contributed by atoms with Crippen molar-refractivity contribution in [3.63, 3.8) is 0 Å². The number of rotatable bonds is 2. The van der Waals surface area contributed by atoms with Gasteiger partial charge >= 0.3 is 0 Å². The molecule has 0 spiro atoms. The van der Waals surface area contributed by atoms with Crippen LogP contribution in [0.25, 0.3) is 0 Å². The highest BCUT2D eigenvalue weighted by molar-refractivity contribution is 5.94. The minimum Gasteiger partial charge on any atom is -0.369 e. The van der Waals surface area contributed by atoms with E-state index in [9.17, 15) is 9.18 Å². The molecule has 2 aliphatic rings. The maximum absolute atomic E-state index is 14.0. The summed E-state index contributed by atoms with van der Waals surface area (Å²) in [6.45, 7) is 6.31. The highest BCUT2D eigenvalue weighted by Gasteiger charge is 2.32. The second-order valence-corrected chi connectivity index (χ2v) is 7.20. The fraction of sp³-hybridized carbons (Fsp3) is 0.526. The Hall–Kier alpha value is -2.48. The number of aromatic nitrogens is 3. The summed E-state index contributed by atoms with van der Waals surface area (Å²) < 4.78 is 19.8. The van der Waals surface area contributed by atoms with Crippen LogP contribution in [-0.2, 0) is 11.2 Å². The molecule has 0 saturated carbocycles. The summed E-state index contributed by atoms with van der Waals surface area (Å²) in [5, 5.41) is 7.28. The molecule has 0 unspecified atom stereocenters. The van der Waals surface area contributed by atoms with E-state index in [0.29, 0.717) is 44.1 Å². The normalized spacial score (nSPS) is 23.1. The van der Waals surface area contributed by atoms with Crippen molar-refractivity contribution in [3.8, 4) is 0 Å². The lowest BCUT2D eigenvalue weighted by Gasteiger charge is -2.26. The first-order valence-corrected chi connectivity index (χ1v) is 9.42. The van der Waals surface area contributed by atoms with Gasteiger partial charge in [0.25, 0.3) is 5.91 Å². The van der Waals surface area contributed by atoms with Crippen molar-refractivity contribution in [1.82, 2.24) is 20.1 Å². The van der Waals surface area contributed by atoms with E-state index in [1.54, 1.807) is 12.3 Å². The Balaban J connectivity index is 1.50. The van der Waals surface area contributed by atoms with E-state index < -0.39 is 0 Å². The molecule has 2 atom stereocenters. The minimum absolute atomic E-state index is 0.0587. The summed E-state index contributed by atoms with van der Waals surface area (Å²) in [5.41, 5.74) is 2.34. The van der Waals surface area contributed by atoms with Crippen LogP contribution in [0.4, 0.5) is 10.2 Å². The lowest BCUT2D eigenvalue weighted by Crippen LogP contribution is -2.36. The number of carbonyl (C=O) groups is 1. The zero-order valence-electron chi connectivity index (χ0n) is 15.6. The Morgan fingerprint density at radius 1 is 1.30 bits per heavy atom. The van der Waals surface area contributed by atoms with Crippen LogP contribution in [0.3, 0.4) is 0 Å². The third-order valence-electron chi connectivity index (χ3n) is 5.26. The number of pyridine rings is 1. The number of anilines is 1. The van der Waals surface area contributed by atoms with Crippen LogP contribution >= 0.6 is 0 Å². The van der Waals surface area contributed by atoms with Gasteiger partial charge in [-0.15, -0.1) is 0 Å². The number of halogens is 1. The average Bonchev–Trinajstić information content (AvgIpc) is 2.91. The summed E-state index contributed by atoms with van der Waals surface area (Å²) >= 11 is 0. The number of fused-ring (bicyclic) bond motifs is 1. The third kappa shape index (κ3) is 3.41. The van der Waals surface area contributed by atoms with E-state index in [-0.39, 0.29) is 23.9 Å². The third-order valence-corrected chi connectivity index (χ3v) is 5.26. The van der Waals surface area contributed by atoms with Gasteiger partial charge in [-0.2, -0.15) is 5.10 Å². The number of H-pyrrole nitrogens is 1. The maximum atomic E-state index is 14.0. The minimum atomic E-state index is -0.332. The lowest BCUT2D eigenvalue weighted by molar-refractivity contribution is -0.00701. The first-order chi connectivity index (χ1) is 13.0. The van der Waals surface area contributed by atoms with Gasteiger partial charge < -0.3 is 14.5 Å². The van der Waals surface area contributed by atoms with E-state index in [1.165, 1.54) is 6.07 Å². The van der Waals surface area contributed by atoms with E-state index in [2.05, 4.69) is 15.2 Å². The first-order valence-electron chi connectivity index (χ1n) is 9.42. The van der Waals surface area contributed by atoms with Crippen LogP contribution in [0.15, 0.2) is 18.3 Å². The molecule has 1 N–H and O–H groups in total. The van der Waals surface area contributed by atoms with Gasteiger partial charge in [0.2, 0.25) is 0 Å². The lowest BCUT2D eigenvalue weighted by atomic mass is 9.99. The molecule has 0 bridgehead atoms. The Morgan fingerprint density at radius 3 is 2.96 bits per heavy atom. The Bertz CT molecular complexity index is 839. The van der Waals surface area contributed by atoms with Crippen molar-refractivity contribution >= 4 is 11.7 Å². The first kappa shape index (κ1) is 17.9. The number of amides is 1. The van der Waals surface area contributed by atoms with Gasteiger partial charge in [-0.05, 0) is 32.4 Å². The molecule has 1 fully saturated rings. The van der Waals surface area contributed by atoms with E-state index in [0.717, 1.165) is 17.7 Å². The Morgan fingerprint density at radius 2 is 2.15 bits per heavy atom. The molecule has 144 valence electrons. The molecule has 8 heteroatoms. The van der Waals surface area contributed by atoms with Gasteiger partial charge in [0, 0.05) is 44.4 Å². The number of nitrogens with one attached hydrogen (secondary N) is 1. The second kappa shape index (κ2) is 7.26. The fourth-order valence-electron chi connectivity index (χ4n) is 3.94. The van der Waals surface area contributed by atoms with Gasteiger partial charge in [-0.25, -0.2) is 9.37 Å². The predicted molar refractivity (Wildman–Crippen MR) is 98.2 cm³/mol. The molecular formula is C19H24FN5O2. The molecule has 4 heterocycles. The van der Waals surface area contributed by atoms with E-state index >= 15 is 0 Å². The molecular weight excluding hydrogens is 349 g/mol. The summed E-state index contributed by atoms with van der Waals surface area (Å²) in [6, 6.07) is 3.00. The van der Waals surface area contributed by atoms with Gasteiger partial charge in [-0.1, -0.05) is 0 Å². The number of hydrogen-bond donors (Lipinski definition) is 1. The molecule has 7 nitrogen and oxygen atoms in total. The van der Waals surface area contributed by atoms with Gasteiger partial charge in [0.1, 0.15) is 0 Å². The van der Waals surface area contributed by atoms with Crippen LogP contribution < -0.4 is 4.90 Å². The number of carbonyl (C=O) groups excluding carboxylic acids is 1. The van der Waals surface area contributed by atoms with Crippen LogP contribution in [0, 0.1) is 5.82 Å². The second-order valence-electron chi connectivity index (χ2n) is 7.20. The molecule has 2 aliphatic heterocycles. The molecule has 0 radical (unpaired) electrons. The Kier molecular flexibility index (Phi) is 4.82. The molecule has 4 rings (SSSR count). The van der Waals surface area contributed by atoms with Gasteiger partial charge in [-0.3, -0.25) is 9.89 Å². The Labute approximate surface area is 157 Å². The smallest absolute Gasteiger partial charge is 0.274 e. The standard InChI is InChI=1S/C19H24FN5O2/c1-12-11-14-16(13(2)27-12)22-23-17(14)19(26)25-8-4-7-24(9-10-25)18-15(20)5-3-6-21-18/h3,5-6,12-13H,4,7-11H2,1-2H3,(H,22,23)/t12-,13+/m1/s1. The van der Waals surface area contributed by atoms with Crippen molar-refractivity contribution in [1.29, 1.82) is 0 Å². The van der Waals surface area contributed by atoms with Crippen molar-refractivity contribution in [2.24, 2.45) is 0 Å². The maximum Gasteiger partial charge on any atom is 0.274 e. The predicted octanol–water partition coefficient (Wildman–Crippen LogP) is 2.32. The summed E-state index contributed by atoms with van der Waals surface area (Å²) in [4.78, 5) is 21.0. The number of hydrogen-bond acceptors (Lipinski definition) is 5. The number of aromatic amines is 1. The molecule has 27 heavy (non-hydrogen) atoms. The number of nitrogens with zero attached hydrogens (tertiary/aromatic N) is 4. The summed E-state index contributed by atoms with van der Waals surface area (Å²) in [6.07, 6.45) is 2.99. The van der Waals surface area contributed by atoms with Crippen LogP contribution in [0.1, 0.15) is 48.1 Å².